The van der Waals surface area contributed by atoms with Crippen molar-refractivity contribution in [2.45, 2.75) is 0 Å². The van der Waals surface area contributed by atoms with Crippen LogP contribution in [-0.2, 0) is 0 Å². The number of anilines is 2. The highest BCUT2D eigenvalue weighted by Gasteiger charge is 2.08. The summed E-state index contributed by atoms with van der Waals surface area (Å²) in [6.45, 7) is 1.00. The first-order valence-corrected chi connectivity index (χ1v) is 8.95. The van der Waals surface area contributed by atoms with Gasteiger partial charge < -0.3 is 20.1 Å². The second-order valence-electron chi connectivity index (χ2n) is 6.06. The number of methoxy groups -OCH3 is 1. The Balaban J connectivity index is 1.50. The molecule has 1 amide bonds. The van der Waals surface area contributed by atoms with Gasteiger partial charge in [-0.15, -0.1) is 0 Å². The van der Waals surface area contributed by atoms with Crippen LogP contribution in [0.25, 0.3) is 0 Å². The lowest BCUT2D eigenvalue weighted by Gasteiger charge is -2.10. The minimum Gasteiger partial charge on any atom is -0.497 e. The summed E-state index contributed by atoms with van der Waals surface area (Å²) in [6, 6.07) is 17.8. The average molecular weight is 388 g/mol. The summed E-state index contributed by atoms with van der Waals surface area (Å²) in [6.07, 6.45) is 3.14. The largest absolute Gasteiger partial charge is 0.497 e. The van der Waals surface area contributed by atoms with Gasteiger partial charge in [-0.05, 0) is 54.6 Å². The number of hydrogen-bond donors (Lipinski definition) is 2. The normalized spacial score (nSPS) is 9.93. The second kappa shape index (κ2) is 9.76. The molecule has 0 saturated heterocycles. The van der Waals surface area contributed by atoms with E-state index in [0.717, 1.165) is 17.2 Å². The number of nitriles is 1. The molecule has 0 atom stereocenters. The first-order chi connectivity index (χ1) is 14.2. The van der Waals surface area contributed by atoms with Gasteiger partial charge in [0.2, 0.25) is 0 Å². The molecule has 0 bridgehead atoms. The molecule has 0 fully saturated rings. The van der Waals surface area contributed by atoms with Crippen molar-refractivity contribution in [1.29, 1.82) is 5.26 Å². The Morgan fingerprint density at radius 2 is 1.76 bits per heavy atom. The maximum Gasteiger partial charge on any atom is 0.257 e. The number of pyridine rings is 1. The highest BCUT2D eigenvalue weighted by atomic mass is 16.5. The molecule has 29 heavy (non-hydrogen) atoms. The first kappa shape index (κ1) is 19.7. The van der Waals surface area contributed by atoms with E-state index in [-0.39, 0.29) is 5.91 Å². The summed E-state index contributed by atoms with van der Waals surface area (Å²) < 4.78 is 10.8. The molecule has 0 aliphatic heterocycles. The van der Waals surface area contributed by atoms with Gasteiger partial charge >= 0.3 is 0 Å². The van der Waals surface area contributed by atoms with E-state index < -0.39 is 0 Å². The van der Waals surface area contributed by atoms with E-state index >= 15 is 0 Å². The van der Waals surface area contributed by atoms with Crippen LogP contribution in [0, 0.1) is 11.3 Å². The molecule has 1 heterocycles. The van der Waals surface area contributed by atoms with Gasteiger partial charge in [0.15, 0.2) is 0 Å². The van der Waals surface area contributed by atoms with E-state index in [4.69, 9.17) is 14.7 Å². The van der Waals surface area contributed by atoms with E-state index in [1.165, 1.54) is 6.20 Å². The summed E-state index contributed by atoms with van der Waals surface area (Å²) in [5.74, 6) is 1.25. The summed E-state index contributed by atoms with van der Waals surface area (Å²) >= 11 is 0. The molecule has 0 spiro atoms. The molecule has 0 aliphatic rings. The van der Waals surface area contributed by atoms with E-state index in [2.05, 4.69) is 15.6 Å². The third kappa shape index (κ3) is 5.71. The van der Waals surface area contributed by atoms with Crippen molar-refractivity contribution in [2.75, 3.05) is 30.9 Å². The third-order valence-electron chi connectivity index (χ3n) is 4.03. The number of benzene rings is 2. The van der Waals surface area contributed by atoms with Gasteiger partial charge in [0.25, 0.3) is 5.91 Å². The maximum atomic E-state index is 12.4. The fraction of sp³-hybridized carbons (Fsp3) is 0.136. The quantitative estimate of drug-likeness (QED) is 0.571. The summed E-state index contributed by atoms with van der Waals surface area (Å²) in [5.41, 5.74) is 2.29. The molecular formula is C22H20N4O3. The molecule has 7 heteroatoms. The maximum absolute atomic E-state index is 12.4. The smallest absolute Gasteiger partial charge is 0.257 e. The van der Waals surface area contributed by atoms with Gasteiger partial charge in [0, 0.05) is 24.6 Å². The Hall–Kier alpha value is -4.05. The molecule has 146 valence electrons. The molecule has 0 saturated carbocycles. The minimum absolute atomic E-state index is 0.277. The van der Waals surface area contributed by atoms with E-state index in [9.17, 15) is 4.79 Å². The average Bonchev–Trinajstić information content (AvgIpc) is 2.78. The van der Waals surface area contributed by atoms with E-state index in [1.54, 1.807) is 43.6 Å². The predicted octanol–water partition coefficient (Wildman–Crippen LogP) is 3.71. The van der Waals surface area contributed by atoms with Gasteiger partial charge in [-0.2, -0.15) is 5.26 Å². The molecular weight excluding hydrogens is 368 g/mol. The topological polar surface area (TPSA) is 96.3 Å². The molecule has 3 rings (SSSR count). The predicted molar refractivity (Wildman–Crippen MR) is 110 cm³/mol. The van der Waals surface area contributed by atoms with Gasteiger partial charge in [-0.1, -0.05) is 0 Å². The van der Waals surface area contributed by atoms with Crippen LogP contribution in [0.3, 0.4) is 0 Å². The number of carbonyl (C=O) groups excluding carboxylic acids is 1. The van der Waals surface area contributed by atoms with Crippen LogP contribution in [0.4, 0.5) is 11.4 Å². The van der Waals surface area contributed by atoms with Crippen LogP contribution >= 0.6 is 0 Å². The first-order valence-electron chi connectivity index (χ1n) is 8.95. The number of carbonyl (C=O) groups is 1. The fourth-order valence-electron chi connectivity index (χ4n) is 2.53. The molecule has 0 radical (unpaired) electrons. The Morgan fingerprint density at radius 3 is 2.45 bits per heavy atom. The van der Waals surface area contributed by atoms with E-state index in [1.807, 2.05) is 30.3 Å². The van der Waals surface area contributed by atoms with Crippen molar-refractivity contribution in [3.05, 3.63) is 78.1 Å². The number of aromatic nitrogens is 1. The van der Waals surface area contributed by atoms with Crippen molar-refractivity contribution in [1.82, 2.24) is 4.98 Å². The summed E-state index contributed by atoms with van der Waals surface area (Å²) in [4.78, 5) is 16.5. The van der Waals surface area contributed by atoms with Crippen LogP contribution in [-0.4, -0.2) is 31.2 Å². The Morgan fingerprint density at radius 1 is 1.03 bits per heavy atom. The Labute approximate surface area is 168 Å². The van der Waals surface area contributed by atoms with Gasteiger partial charge in [-0.3, -0.25) is 9.78 Å². The second-order valence-corrected chi connectivity index (χ2v) is 6.06. The monoisotopic (exact) mass is 388 g/mol. The van der Waals surface area contributed by atoms with Crippen LogP contribution in [0.5, 0.6) is 11.5 Å². The summed E-state index contributed by atoms with van der Waals surface area (Å²) in [7, 11) is 1.62. The number of ether oxygens (including phenoxy) is 2. The fourth-order valence-corrected chi connectivity index (χ4v) is 2.53. The zero-order valence-corrected chi connectivity index (χ0v) is 15.9. The zero-order chi connectivity index (χ0) is 20.5. The molecule has 0 aliphatic carbocycles. The zero-order valence-electron chi connectivity index (χ0n) is 15.9. The lowest BCUT2D eigenvalue weighted by Crippen LogP contribution is -2.14. The molecule has 3 aromatic rings. The highest BCUT2D eigenvalue weighted by Crippen LogP contribution is 2.17. The SMILES string of the molecule is COc1ccc(OCCNc2cncc(C(=O)Nc3ccc(C#N)cc3)c2)cc1. The molecule has 2 aromatic carbocycles. The van der Waals surface area contributed by atoms with Crippen molar-refractivity contribution >= 4 is 17.3 Å². The lowest BCUT2D eigenvalue weighted by molar-refractivity contribution is 0.102. The molecule has 1 aromatic heterocycles. The Kier molecular flexibility index (Phi) is 6.63. The van der Waals surface area contributed by atoms with Crippen LogP contribution in [0.15, 0.2) is 67.0 Å². The van der Waals surface area contributed by atoms with Gasteiger partial charge in [0.05, 0.1) is 30.0 Å². The third-order valence-corrected chi connectivity index (χ3v) is 4.03. The van der Waals surface area contributed by atoms with Crippen LogP contribution in [0.2, 0.25) is 0 Å². The van der Waals surface area contributed by atoms with E-state index in [0.29, 0.717) is 30.0 Å². The lowest BCUT2D eigenvalue weighted by atomic mass is 10.2. The number of nitrogens with one attached hydrogen (secondary N) is 2. The van der Waals surface area contributed by atoms with Crippen LogP contribution in [0.1, 0.15) is 15.9 Å². The highest BCUT2D eigenvalue weighted by molar-refractivity contribution is 6.04. The van der Waals surface area contributed by atoms with Gasteiger partial charge in [-0.25, -0.2) is 0 Å². The van der Waals surface area contributed by atoms with Crippen molar-refractivity contribution in [2.24, 2.45) is 0 Å². The number of amides is 1. The molecule has 2 N–H and O–H groups in total. The van der Waals surface area contributed by atoms with Crippen LogP contribution < -0.4 is 20.1 Å². The molecule has 7 nitrogen and oxygen atoms in total. The van der Waals surface area contributed by atoms with Crippen molar-refractivity contribution in [3.8, 4) is 17.6 Å². The minimum atomic E-state index is -0.277. The summed E-state index contributed by atoms with van der Waals surface area (Å²) in [5, 5.41) is 14.8. The van der Waals surface area contributed by atoms with Gasteiger partial charge in [0.1, 0.15) is 18.1 Å². The van der Waals surface area contributed by atoms with Crippen molar-refractivity contribution < 1.29 is 14.3 Å². The molecule has 0 unspecified atom stereocenters. The van der Waals surface area contributed by atoms with Crippen molar-refractivity contribution in [3.63, 3.8) is 0 Å². The number of nitrogens with zero attached hydrogens (tertiary/aromatic N) is 2. The number of hydrogen-bond acceptors (Lipinski definition) is 6. The number of rotatable bonds is 8. The Bertz CT molecular complexity index is 996. The standard InChI is InChI=1S/C22H20N4O3/c1-28-20-6-8-21(9-7-20)29-11-10-25-19-12-17(14-24-15-19)22(27)26-18-4-2-16(13-23)3-5-18/h2-9,12,14-15,25H,10-11H2,1H3,(H,26,27).